The van der Waals surface area contributed by atoms with E-state index in [1.165, 1.54) is 10.7 Å². The van der Waals surface area contributed by atoms with Crippen LogP contribution in [0, 0.1) is 0 Å². The van der Waals surface area contributed by atoms with E-state index in [1.54, 1.807) is 59.4 Å². The first kappa shape index (κ1) is 18.2. The van der Waals surface area contributed by atoms with E-state index < -0.39 is 0 Å². The molecule has 0 radical (unpaired) electrons. The molecule has 1 unspecified atom stereocenters. The molecule has 1 aliphatic rings. The van der Waals surface area contributed by atoms with Gasteiger partial charge in [0.05, 0.1) is 29.7 Å². The number of hydrogen-bond acceptors (Lipinski definition) is 7. The first-order chi connectivity index (χ1) is 14.6. The third-order valence-electron chi connectivity index (χ3n) is 5.49. The quantitative estimate of drug-likeness (QED) is 0.494. The van der Waals surface area contributed by atoms with Crippen molar-refractivity contribution in [2.45, 2.75) is 25.4 Å². The number of hydrogen-bond donors (Lipinski definition) is 0. The summed E-state index contributed by atoms with van der Waals surface area (Å²) in [4.78, 5) is 40.1. The average Bonchev–Trinajstić information content (AvgIpc) is 3.45. The standard InChI is InChI=1S/C20H20N8O2/c1-25-19(30)15-6-7-21-11-16(15)23-20(25)27-9-2-3-14(27)12-28-18(29)5-4-17(24-28)26-10-8-22-13-26/h4-8,10-11,13-14H,2-3,9,12H2,1H3. The number of fused-ring (bicyclic) bond motifs is 1. The zero-order valence-electron chi connectivity index (χ0n) is 16.4. The number of aromatic nitrogens is 7. The van der Waals surface area contributed by atoms with Crippen LogP contribution >= 0.6 is 0 Å². The van der Waals surface area contributed by atoms with Crippen LogP contribution < -0.4 is 16.0 Å². The highest BCUT2D eigenvalue weighted by molar-refractivity contribution is 5.77. The predicted octanol–water partition coefficient (Wildman–Crippen LogP) is 0.740. The molecule has 0 aromatic carbocycles. The maximum Gasteiger partial charge on any atom is 0.266 e. The van der Waals surface area contributed by atoms with E-state index in [0.717, 1.165) is 19.4 Å². The van der Waals surface area contributed by atoms with Gasteiger partial charge in [-0.25, -0.2) is 14.6 Å². The lowest BCUT2D eigenvalue weighted by Gasteiger charge is -2.27. The van der Waals surface area contributed by atoms with E-state index in [2.05, 4.69) is 20.0 Å². The van der Waals surface area contributed by atoms with Crippen LogP contribution in [0.2, 0.25) is 0 Å². The van der Waals surface area contributed by atoms with Gasteiger partial charge in [0, 0.05) is 38.2 Å². The van der Waals surface area contributed by atoms with E-state index in [9.17, 15) is 9.59 Å². The van der Waals surface area contributed by atoms with Crippen molar-refractivity contribution in [3.8, 4) is 5.82 Å². The molecule has 30 heavy (non-hydrogen) atoms. The van der Waals surface area contributed by atoms with Crippen molar-refractivity contribution >= 4 is 16.9 Å². The van der Waals surface area contributed by atoms with Gasteiger partial charge < -0.3 is 4.90 Å². The molecule has 4 aromatic heterocycles. The number of nitrogens with zero attached hydrogens (tertiary/aromatic N) is 8. The van der Waals surface area contributed by atoms with Crippen LogP contribution in [-0.2, 0) is 13.6 Å². The Bertz CT molecular complexity index is 1320. The summed E-state index contributed by atoms with van der Waals surface area (Å²) in [5.41, 5.74) is 0.286. The van der Waals surface area contributed by atoms with Crippen molar-refractivity contribution in [1.82, 2.24) is 33.9 Å². The van der Waals surface area contributed by atoms with Gasteiger partial charge in [-0.3, -0.25) is 23.7 Å². The van der Waals surface area contributed by atoms with E-state index >= 15 is 0 Å². The zero-order valence-corrected chi connectivity index (χ0v) is 16.4. The van der Waals surface area contributed by atoms with Gasteiger partial charge in [0.2, 0.25) is 5.95 Å². The molecule has 152 valence electrons. The van der Waals surface area contributed by atoms with Crippen molar-refractivity contribution < 1.29 is 0 Å². The van der Waals surface area contributed by atoms with Crippen molar-refractivity contribution in [3.63, 3.8) is 0 Å². The highest BCUT2D eigenvalue weighted by atomic mass is 16.1. The summed E-state index contributed by atoms with van der Waals surface area (Å²) in [5, 5.41) is 5.04. The minimum absolute atomic E-state index is 0.000425. The van der Waals surface area contributed by atoms with Crippen molar-refractivity contribution in [1.29, 1.82) is 0 Å². The maximum absolute atomic E-state index is 12.8. The van der Waals surface area contributed by atoms with Crippen LogP contribution in [0.15, 0.2) is 58.9 Å². The molecule has 0 amide bonds. The summed E-state index contributed by atoms with van der Waals surface area (Å²) in [6, 6.07) is 4.87. The summed E-state index contributed by atoms with van der Waals surface area (Å²) in [6.45, 7) is 1.16. The molecule has 10 heteroatoms. The highest BCUT2D eigenvalue weighted by Gasteiger charge is 2.29. The predicted molar refractivity (Wildman–Crippen MR) is 111 cm³/mol. The van der Waals surface area contributed by atoms with E-state index in [4.69, 9.17) is 4.98 Å². The fraction of sp³-hybridized carbons (Fsp3) is 0.300. The second kappa shape index (κ2) is 7.21. The third-order valence-corrected chi connectivity index (χ3v) is 5.49. The number of rotatable bonds is 4. The Balaban J connectivity index is 1.51. The molecule has 0 N–H and O–H groups in total. The van der Waals surface area contributed by atoms with Gasteiger partial charge in [-0.05, 0) is 25.0 Å². The van der Waals surface area contributed by atoms with E-state index in [1.807, 2.05) is 0 Å². The van der Waals surface area contributed by atoms with Crippen LogP contribution in [0.4, 0.5) is 5.95 Å². The van der Waals surface area contributed by atoms with Crippen molar-refractivity contribution in [3.05, 3.63) is 70.0 Å². The van der Waals surface area contributed by atoms with Crippen LogP contribution in [0.25, 0.3) is 16.7 Å². The van der Waals surface area contributed by atoms with Crippen LogP contribution in [0.5, 0.6) is 0 Å². The third kappa shape index (κ3) is 3.06. The van der Waals surface area contributed by atoms with E-state index in [-0.39, 0.29) is 17.2 Å². The molecule has 0 saturated carbocycles. The van der Waals surface area contributed by atoms with E-state index in [0.29, 0.717) is 29.2 Å². The summed E-state index contributed by atoms with van der Waals surface area (Å²) in [6.07, 6.45) is 10.1. The Hall–Kier alpha value is -3.82. The van der Waals surface area contributed by atoms with Crippen molar-refractivity contribution in [2.24, 2.45) is 7.05 Å². The minimum atomic E-state index is -0.171. The first-order valence-corrected chi connectivity index (χ1v) is 9.76. The summed E-state index contributed by atoms with van der Waals surface area (Å²) < 4.78 is 4.79. The zero-order chi connectivity index (χ0) is 20.7. The van der Waals surface area contributed by atoms with Gasteiger partial charge in [-0.2, -0.15) is 5.10 Å². The molecule has 0 bridgehead atoms. The second-order valence-corrected chi connectivity index (χ2v) is 7.34. The van der Waals surface area contributed by atoms with Gasteiger partial charge in [0.15, 0.2) is 5.82 Å². The van der Waals surface area contributed by atoms with Gasteiger partial charge in [0.25, 0.3) is 11.1 Å². The normalized spacial score (nSPS) is 16.4. The summed E-state index contributed by atoms with van der Waals surface area (Å²) >= 11 is 0. The van der Waals surface area contributed by atoms with Gasteiger partial charge >= 0.3 is 0 Å². The molecule has 1 aliphatic heterocycles. The first-order valence-electron chi connectivity index (χ1n) is 9.76. The van der Waals surface area contributed by atoms with Crippen LogP contribution in [-0.4, -0.2) is 46.5 Å². The number of imidazole rings is 1. The van der Waals surface area contributed by atoms with Crippen LogP contribution in [0.1, 0.15) is 12.8 Å². The van der Waals surface area contributed by atoms with Gasteiger partial charge in [-0.15, -0.1) is 0 Å². The van der Waals surface area contributed by atoms with Gasteiger partial charge in [-0.1, -0.05) is 0 Å². The Kier molecular flexibility index (Phi) is 4.38. The lowest BCUT2D eigenvalue weighted by atomic mass is 10.2. The second-order valence-electron chi connectivity index (χ2n) is 7.34. The molecule has 1 atom stereocenters. The Morgan fingerprint density at radius 1 is 1.13 bits per heavy atom. The molecule has 1 fully saturated rings. The fourth-order valence-electron chi connectivity index (χ4n) is 3.96. The molecule has 0 spiro atoms. The number of pyridine rings is 1. The summed E-state index contributed by atoms with van der Waals surface area (Å²) in [5.74, 6) is 1.21. The molecular weight excluding hydrogens is 384 g/mol. The molecule has 10 nitrogen and oxygen atoms in total. The summed E-state index contributed by atoms with van der Waals surface area (Å²) in [7, 11) is 1.73. The van der Waals surface area contributed by atoms with Crippen molar-refractivity contribution in [2.75, 3.05) is 11.4 Å². The fourth-order valence-corrected chi connectivity index (χ4v) is 3.96. The molecule has 0 aliphatic carbocycles. The van der Waals surface area contributed by atoms with Crippen LogP contribution in [0.3, 0.4) is 0 Å². The largest absolute Gasteiger partial charge is 0.337 e. The lowest BCUT2D eigenvalue weighted by molar-refractivity contribution is 0.479. The Labute approximate surface area is 171 Å². The molecule has 1 saturated heterocycles. The highest BCUT2D eigenvalue weighted by Crippen LogP contribution is 2.24. The maximum atomic E-state index is 12.8. The Morgan fingerprint density at radius 2 is 2.03 bits per heavy atom. The molecular formula is C20H20N8O2. The monoisotopic (exact) mass is 404 g/mol. The minimum Gasteiger partial charge on any atom is -0.337 e. The Morgan fingerprint density at radius 3 is 2.87 bits per heavy atom. The SMILES string of the molecule is Cn1c(N2CCCC2Cn2nc(-n3ccnc3)ccc2=O)nc2cnccc2c1=O. The molecule has 4 aromatic rings. The molecule has 5 heterocycles. The average molecular weight is 404 g/mol. The topological polar surface area (TPSA) is 104 Å². The smallest absolute Gasteiger partial charge is 0.266 e. The van der Waals surface area contributed by atoms with Gasteiger partial charge in [0.1, 0.15) is 6.33 Å². The molecule has 5 rings (SSSR count). The number of anilines is 1. The lowest BCUT2D eigenvalue weighted by Crippen LogP contribution is -2.40.